The zero-order valence-corrected chi connectivity index (χ0v) is 19.2. The van der Waals surface area contributed by atoms with E-state index in [2.05, 4.69) is 56.0 Å². The second-order valence-corrected chi connectivity index (χ2v) is 8.60. The highest BCUT2D eigenvalue weighted by Gasteiger charge is 2.12. The first-order chi connectivity index (χ1) is 15.5. The molecule has 0 saturated carbocycles. The molecular formula is C28H34O4. The van der Waals surface area contributed by atoms with Gasteiger partial charge in [-0.25, -0.2) is 4.79 Å². The van der Waals surface area contributed by atoms with E-state index in [4.69, 9.17) is 9.47 Å². The molecule has 4 heteroatoms. The number of aliphatic hydroxyl groups is 1. The van der Waals surface area contributed by atoms with E-state index in [0.717, 1.165) is 47.6 Å². The van der Waals surface area contributed by atoms with Gasteiger partial charge in [0.05, 0.1) is 0 Å². The molecule has 0 aromatic heterocycles. The maximum atomic E-state index is 11.6. The van der Waals surface area contributed by atoms with E-state index in [0.29, 0.717) is 12.0 Å². The SMILES string of the molecule is C=C(C)C(=O)OCCOc1cc(-c2ccc(C3=CCC(C)CC3)cc2)ccc1CCCO. The predicted molar refractivity (Wildman–Crippen MR) is 130 cm³/mol. The Morgan fingerprint density at radius 3 is 2.47 bits per heavy atom. The van der Waals surface area contributed by atoms with E-state index in [1.54, 1.807) is 6.92 Å². The van der Waals surface area contributed by atoms with Crippen LogP contribution in [0, 0.1) is 5.92 Å². The summed E-state index contributed by atoms with van der Waals surface area (Å²) in [5, 5.41) is 9.22. The van der Waals surface area contributed by atoms with E-state index in [1.807, 2.05) is 6.07 Å². The van der Waals surface area contributed by atoms with Gasteiger partial charge in [-0.1, -0.05) is 56.0 Å². The third-order valence-electron chi connectivity index (χ3n) is 5.86. The summed E-state index contributed by atoms with van der Waals surface area (Å²) in [6.07, 6.45) is 7.34. The number of ether oxygens (including phenoxy) is 2. The Morgan fingerprint density at radius 1 is 1.09 bits per heavy atom. The number of carbonyl (C=O) groups is 1. The largest absolute Gasteiger partial charge is 0.490 e. The van der Waals surface area contributed by atoms with Gasteiger partial charge >= 0.3 is 5.97 Å². The molecule has 2 aromatic rings. The van der Waals surface area contributed by atoms with Crippen LogP contribution in [0.4, 0.5) is 0 Å². The molecule has 3 rings (SSSR count). The van der Waals surface area contributed by atoms with Crippen LogP contribution < -0.4 is 4.74 Å². The Hall–Kier alpha value is -2.85. The molecule has 0 saturated heterocycles. The Kier molecular flexibility index (Phi) is 8.69. The molecule has 0 fully saturated rings. The summed E-state index contributed by atoms with van der Waals surface area (Å²) in [5.41, 5.74) is 6.36. The molecule has 2 aromatic carbocycles. The lowest BCUT2D eigenvalue weighted by Crippen LogP contribution is -2.13. The smallest absolute Gasteiger partial charge is 0.333 e. The minimum atomic E-state index is -0.412. The molecule has 0 radical (unpaired) electrons. The molecule has 32 heavy (non-hydrogen) atoms. The van der Waals surface area contributed by atoms with Gasteiger partial charge in [-0.05, 0) is 78.8 Å². The number of rotatable bonds is 10. The summed E-state index contributed by atoms with van der Waals surface area (Å²) in [5.74, 6) is 1.13. The summed E-state index contributed by atoms with van der Waals surface area (Å²) >= 11 is 0. The Bertz CT molecular complexity index is 956. The average molecular weight is 435 g/mol. The Labute approximate surface area is 191 Å². The number of esters is 1. The van der Waals surface area contributed by atoms with E-state index < -0.39 is 5.97 Å². The standard InChI is InChI=1S/C28H34O4/c1-20(2)28(30)32-18-17-31-27-19-26(15-14-25(27)5-4-16-29)24-12-10-23(11-13-24)22-8-6-21(3)7-9-22/h8,10-15,19,21,29H,1,4-7,9,16-18H2,2-3H3. The zero-order chi connectivity index (χ0) is 22.9. The van der Waals surface area contributed by atoms with Crippen molar-refractivity contribution in [2.24, 2.45) is 5.92 Å². The molecule has 0 heterocycles. The fourth-order valence-corrected chi connectivity index (χ4v) is 3.86. The number of hydrogen-bond donors (Lipinski definition) is 1. The minimum absolute atomic E-state index is 0.132. The molecule has 4 nitrogen and oxygen atoms in total. The van der Waals surface area contributed by atoms with Crippen LogP contribution in [0.25, 0.3) is 16.7 Å². The van der Waals surface area contributed by atoms with Gasteiger partial charge in [-0.15, -0.1) is 0 Å². The van der Waals surface area contributed by atoms with Crippen molar-refractivity contribution in [3.63, 3.8) is 0 Å². The van der Waals surface area contributed by atoms with Gasteiger partial charge in [-0.2, -0.15) is 0 Å². The number of hydrogen-bond acceptors (Lipinski definition) is 4. The van der Waals surface area contributed by atoms with Crippen molar-refractivity contribution in [1.82, 2.24) is 0 Å². The first-order valence-corrected chi connectivity index (χ1v) is 11.5. The van der Waals surface area contributed by atoms with Crippen LogP contribution in [-0.4, -0.2) is 30.9 Å². The molecule has 0 amide bonds. The molecule has 1 atom stereocenters. The first-order valence-electron chi connectivity index (χ1n) is 11.5. The summed E-state index contributed by atoms with van der Waals surface area (Å²) in [4.78, 5) is 11.6. The van der Waals surface area contributed by atoms with Crippen molar-refractivity contribution in [3.05, 3.63) is 71.8 Å². The monoisotopic (exact) mass is 434 g/mol. The number of allylic oxidation sites excluding steroid dienone is 2. The molecule has 0 spiro atoms. The summed E-state index contributed by atoms with van der Waals surface area (Å²) in [6.45, 7) is 8.07. The van der Waals surface area contributed by atoms with Gasteiger partial charge in [-0.3, -0.25) is 0 Å². The second kappa shape index (κ2) is 11.7. The van der Waals surface area contributed by atoms with Gasteiger partial charge in [0.2, 0.25) is 0 Å². The van der Waals surface area contributed by atoms with Crippen LogP contribution in [0.5, 0.6) is 5.75 Å². The molecule has 0 bridgehead atoms. The molecule has 1 unspecified atom stereocenters. The number of aryl methyl sites for hydroxylation is 1. The molecule has 170 valence electrons. The molecular weight excluding hydrogens is 400 g/mol. The summed E-state index contributed by atoms with van der Waals surface area (Å²) in [6, 6.07) is 14.9. The lowest BCUT2D eigenvalue weighted by atomic mass is 9.87. The van der Waals surface area contributed by atoms with Crippen molar-refractivity contribution in [2.45, 2.75) is 46.0 Å². The van der Waals surface area contributed by atoms with Gasteiger partial charge in [0.25, 0.3) is 0 Å². The highest BCUT2D eigenvalue weighted by Crippen LogP contribution is 2.32. The highest BCUT2D eigenvalue weighted by atomic mass is 16.6. The lowest BCUT2D eigenvalue weighted by Gasteiger charge is -2.18. The van der Waals surface area contributed by atoms with Crippen LogP contribution in [0.1, 0.15) is 50.7 Å². The number of aliphatic hydroxyl groups excluding tert-OH is 1. The maximum Gasteiger partial charge on any atom is 0.333 e. The van der Waals surface area contributed by atoms with E-state index in [9.17, 15) is 9.90 Å². The normalized spacial score (nSPS) is 15.7. The Balaban J connectivity index is 1.72. The topological polar surface area (TPSA) is 55.8 Å². The van der Waals surface area contributed by atoms with Crippen LogP contribution in [0.15, 0.2) is 60.7 Å². The van der Waals surface area contributed by atoms with Crippen molar-refractivity contribution in [3.8, 4) is 16.9 Å². The summed E-state index contributed by atoms with van der Waals surface area (Å²) in [7, 11) is 0. The highest BCUT2D eigenvalue weighted by molar-refractivity contribution is 5.86. The number of carbonyl (C=O) groups excluding carboxylic acids is 1. The lowest BCUT2D eigenvalue weighted by molar-refractivity contribution is -0.139. The zero-order valence-electron chi connectivity index (χ0n) is 19.2. The van der Waals surface area contributed by atoms with Crippen LogP contribution in [0.2, 0.25) is 0 Å². The van der Waals surface area contributed by atoms with Crippen LogP contribution in [0.3, 0.4) is 0 Å². The van der Waals surface area contributed by atoms with Gasteiger partial charge < -0.3 is 14.6 Å². The fourth-order valence-electron chi connectivity index (χ4n) is 3.86. The van der Waals surface area contributed by atoms with E-state index in [1.165, 1.54) is 17.6 Å². The third kappa shape index (κ3) is 6.57. The van der Waals surface area contributed by atoms with Gasteiger partial charge in [0.15, 0.2) is 0 Å². The third-order valence-corrected chi connectivity index (χ3v) is 5.86. The molecule has 0 aliphatic heterocycles. The quantitative estimate of drug-likeness (QED) is 0.284. The Morgan fingerprint density at radius 2 is 1.81 bits per heavy atom. The fraction of sp³-hybridized carbons (Fsp3) is 0.393. The predicted octanol–water partition coefficient (Wildman–Crippen LogP) is 5.98. The second-order valence-electron chi connectivity index (χ2n) is 8.60. The minimum Gasteiger partial charge on any atom is -0.490 e. The van der Waals surface area contributed by atoms with Crippen molar-refractivity contribution < 1.29 is 19.4 Å². The van der Waals surface area contributed by atoms with Crippen LogP contribution >= 0.6 is 0 Å². The maximum absolute atomic E-state index is 11.6. The first kappa shape index (κ1) is 23.8. The van der Waals surface area contributed by atoms with Crippen LogP contribution in [-0.2, 0) is 16.0 Å². The number of benzene rings is 2. The molecule has 1 aliphatic carbocycles. The van der Waals surface area contributed by atoms with Crippen molar-refractivity contribution in [2.75, 3.05) is 19.8 Å². The van der Waals surface area contributed by atoms with Crippen molar-refractivity contribution in [1.29, 1.82) is 0 Å². The average Bonchev–Trinajstić information content (AvgIpc) is 2.81. The van der Waals surface area contributed by atoms with Crippen molar-refractivity contribution >= 4 is 11.5 Å². The summed E-state index contributed by atoms with van der Waals surface area (Å²) < 4.78 is 11.1. The van der Waals surface area contributed by atoms with E-state index in [-0.39, 0.29) is 19.8 Å². The molecule has 1 aliphatic rings. The van der Waals surface area contributed by atoms with E-state index >= 15 is 0 Å². The van der Waals surface area contributed by atoms with Gasteiger partial charge in [0.1, 0.15) is 19.0 Å². The van der Waals surface area contributed by atoms with Gasteiger partial charge in [0, 0.05) is 12.2 Å². The molecule has 1 N–H and O–H groups in total.